The summed E-state index contributed by atoms with van der Waals surface area (Å²) < 4.78 is 0. The molecule has 1 aliphatic rings. The molecule has 1 aromatic heterocycles. The molecule has 0 radical (unpaired) electrons. The highest BCUT2D eigenvalue weighted by molar-refractivity contribution is 7.07. The Kier molecular flexibility index (Phi) is 2.43. The molecule has 1 N–H and O–H groups in total. The molecule has 13 heavy (non-hydrogen) atoms. The smallest absolute Gasteiger partial charge is 0.0490 e. The maximum atomic E-state index is 9.40. The van der Waals surface area contributed by atoms with Crippen LogP contribution >= 0.6 is 11.3 Å². The largest absolute Gasteiger partial charge is 0.396 e. The summed E-state index contributed by atoms with van der Waals surface area (Å²) in [6.45, 7) is 2.54. The number of hydrogen-bond acceptors (Lipinski definition) is 2. The molecule has 0 aromatic carbocycles. The molecule has 1 fully saturated rings. The highest BCUT2D eigenvalue weighted by atomic mass is 32.1. The Labute approximate surface area is 83.4 Å². The standard InChI is InChI=1S/C11H16OS/c1-11(8-12,10-2-3-10)6-9-4-5-13-7-9/h4-5,7,10,12H,2-3,6,8H2,1H3. The number of aliphatic hydroxyl groups excluding tert-OH is 1. The van der Waals surface area contributed by atoms with Crippen molar-refractivity contribution in [3.63, 3.8) is 0 Å². The van der Waals surface area contributed by atoms with Crippen LogP contribution in [-0.4, -0.2) is 11.7 Å². The summed E-state index contributed by atoms with van der Waals surface area (Å²) in [6.07, 6.45) is 3.65. The van der Waals surface area contributed by atoms with Crippen molar-refractivity contribution in [2.45, 2.75) is 26.2 Å². The maximum absolute atomic E-state index is 9.40. The molecule has 1 atom stereocenters. The van der Waals surface area contributed by atoms with Crippen LogP contribution in [-0.2, 0) is 6.42 Å². The molecule has 0 aliphatic heterocycles. The van der Waals surface area contributed by atoms with E-state index in [9.17, 15) is 5.11 Å². The van der Waals surface area contributed by atoms with E-state index in [1.165, 1.54) is 18.4 Å². The summed E-state index contributed by atoms with van der Waals surface area (Å²) in [6, 6.07) is 2.17. The molecule has 1 unspecified atom stereocenters. The lowest BCUT2D eigenvalue weighted by Crippen LogP contribution is -2.26. The molecule has 2 heteroatoms. The predicted molar refractivity (Wildman–Crippen MR) is 55.9 cm³/mol. The van der Waals surface area contributed by atoms with Crippen molar-refractivity contribution in [1.82, 2.24) is 0 Å². The Hall–Kier alpha value is -0.340. The fourth-order valence-corrected chi connectivity index (χ4v) is 2.64. The van der Waals surface area contributed by atoms with Crippen molar-refractivity contribution in [2.75, 3.05) is 6.61 Å². The predicted octanol–water partition coefficient (Wildman–Crippen LogP) is 2.70. The van der Waals surface area contributed by atoms with Crippen molar-refractivity contribution in [1.29, 1.82) is 0 Å². The molecule has 0 spiro atoms. The van der Waals surface area contributed by atoms with Crippen LogP contribution in [0.25, 0.3) is 0 Å². The van der Waals surface area contributed by atoms with Gasteiger partial charge in [-0.15, -0.1) is 0 Å². The first-order chi connectivity index (χ1) is 6.24. The van der Waals surface area contributed by atoms with Crippen LogP contribution in [0.4, 0.5) is 0 Å². The summed E-state index contributed by atoms with van der Waals surface area (Å²) in [7, 11) is 0. The van der Waals surface area contributed by atoms with E-state index in [0.29, 0.717) is 6.61 Å². The van der Waals surface area contributed by atoms with Gasteiger partial charge in [0, 0.05) is 6.61 Å². The first-order valence-corrected chi connectivity index (χ1v) is 5.81. The minimum Gasteiger partial charge on any atom is -0.396 e. The molecule has 1 nitrogen and oxygen atoms in total. The third kappa shape index (κ3) is 1.94. The Morgan fingerprint density at radius 3 is 2.85 bits per heavy atom. The summed E-state index contributed by atoms with van der Waals surface area (Å²) >= 11 is 1.74. The van der Waals surface area contributed by atoms with Gasteiger partial charge in [-0.25, -0.2) is 0 Å². The van der Waals surface area contributed by atoms with Gasteiger partial charge in [0.25, 0.3) is 0 Å². The minimum atomic E-state index is 0.140. The van der Waals surface area contributed by atoms with E-state index in [2.05, 4.69) is 23.8 Å². The minimum absolute atomic E-state index is 0.140. The van der Waals surface area contributed by atoms with Crippen LogP contribution < -0.4 is 0 Å². The molecule has 2 rings (SSSR count). The van der Waals surface area contributed by atoms with E-state index in [4.69, 9.17) is 0 Å². The first kappa shape index (κ1) is 9.22. The fraction of sp³-hybridized carbons (Fsp3) is 0.636. The van der Waals surface area contributed by atoms with Crippen LogP contribution in [0.1, 0.15) is 25.3 Å². The highest BCUT2D eigenvalue weighted by Gasteiger charge is 2.40. The van der Waals surface area contributed by atoms with Gasteiger partial charge >= 0.3 is 0 Å². The zero-order valence-corrected chi connectivity index (χ0v) is 8.81. The Morgan fingerprint density at radius 2 is 2.38 bits per heavy atom. The lowest BCUT2D eigenvalue weighted by Gasteiger charge is -2.26. The second-order valence-electron chi connectivity index (χ2n) is 4.39. The van der Waals surface area contributed by atoms with Gasteiger partial charge in [-0.05, 0) is 53.0 Å². The van der Waals surface area contributed by atoms with E-state index in [0.717, 1.165) is 12.3 Å². The van der Waals surface area contributed by atoms with E-state index >= 15 is 0 Å². The first-order valence-electron chi connectivity index (χ1n) is 4.86. The fourth-order valence-electron chi connectivity index (χ4n) is 1.97. The molecule has 1 heterocycles. The zero-order valence-electron chi connectivity index (χ0n) is 7.99. The Balaban J connectivity index is 2.05. The normalized spacial score (nSPS) is 21.4. The van der Waals surface area contributed by atoms with Gasteiger partial charge in [0.15, 0.2) is 0 Å². The van der Waals surface area contributed by atoms with Gasteiger partial charge in [-0.2, -0.15) is 11.3 Å². The van der Waals surface area contributed by atoms with Gasteiger partial charge < -0.3 is 5.11 Å². The average Bonchev–Trinajstić information content (AvgIpc) is 2.88. The van der Waals surface area contributed by atoms with Crippen LogP contribution in [0.2, 0.25) is 0 Å². The summed E-state index contributed by atoms with van der Waals surface area (Å²) in [5.74, 6) is 0.761. The number of hydrogen-bond donors (Lipinski definition) is 1. The second-order valence-corrected chi connectivity index (χ2v) is 5.17. The van der Waals surface area contributed by atoms with Crippen molar-refractivity contribution < 1.29 is 5.11 Å². The van der Waals surface area contributed by atoms with Gasteiger partial charge in [0.1, 0.15) is 0 Å². The van der Waals surface area contributed by atoms with Crippen LogP contribution in [0, 0.1) is 11.3 Å². The number of thiophene rings is 1. The molecular formula is C11H16OS. The van der Waals surface area contributed by atoms with E-state index < -0.39 is 0 Å². The van der Waals surface area contributed by atoms with E-state index in [1.54, 1.807) is 11.3 Å². The number of aliphatic hydroxyl groups is 1. The maximum Gasteiger partial charge on any atom is 0.0490 e. The molecular weight excluding hydrogens is 180 g/mol. The molecule has 1 saturated carbocycles. The topological polar surface area (TPSA) is 20.2 Å². The van der Waals surface area contributed by atoms with Gasteiger partial charge in [0.2, 0.25) is 0 Å². The molecule has 1 aliphatic carbocycles. The van der Waals surface area contributed by atoms with Gasteiger partial charge in [-0.3, -0.25) is 0 Å². The van der Waals surface area contributed by atoms with E-state index in [-0.39, 0.29) is 5.41 Å². The Bertz CT molecular complexity index is 264. The van der Waals surface area contributed by atoms with Crippen LogP contribution in [0.3, 0.4) is 0 Å². The third-order valence-corrected chi connectivity index (χ3v) is 3.84. The van der Waals surface area contributed by atoms with Crippen molar-refractivity contribution in [3.8, 4) is 0 Å². The molecule has 0 bridgehead atoms. The lowest BCUT2D eigenvalue weighted by molar-refractivity contribution is 0.120. The van der Waals surface area contributed by atoms with Gasteiger partial charge in [0.05, 0.1) is 0 Å². The van der Waals surface area contributed by atoms with Crippen LogP contribution in [0.5, 0.6) is 0 Å². The SMILES string of the molecule is CC(CO)(Cc1ccsc1)C1CC1. The van der Waals surface area contributed by atoms with E-state index in [1.807, 2.05) is 0 Å². The number of rotatable bonds is 4. The lowest BCUT2D eigenvalue weighted by atomic mass is 9.80. The summed E-state index contributed by atoms with van der Waals surface area (Å²) in [4.78, 5) is 0. The zero-order chi connectivity index (χ0) is 9.31. The summed E-state index contributed by atoms with van der Waals surface area (Å²) in [5.41, 5.74) is 1.52. The average molecular weight is 196 g/mol. The monoisotopic (exact) mass is 196 g/mol. The quantitative estimate of drug-likeness (QED) is 0.785. The van der Waals surface area contributed by atoms with Crippen molar-refractivity contribution >= 4 is 11.3 Å². The van der Waals surface area contributed by atoms with Crippen molar-refractivity contribution in [3.05, 3.63) is 22.4 Å². The molecule has 0 amide bonds. The third-order valence-electron chi connectivity index (χ3n) is 3.11. The van der Waals surface area contributed by atoms with Crippen molar-refractivity contribution in [2.24, 2.45) is 11.3 Å². The molecule has 1 aromatic rings. The summed E-state index contributed by atoms with van der Waals surface area (Å²) in [5, 5.41) is 13.7. The highest BCUT2D eigenvalue weighted by Crippen LogP contribution is 2.47. The van der Waals surface area contributed by atoms with Crippen LogP contribution in [0.15, 0.2) is 16.8 Å². The Morgan fingerprint density at radius 1 is 1.62 bits per heavy atom. The second kappa shape index (κ2) is 3.43. The molecule has 0 saturated heterocycles. The molecule has 72 valence electrons. The van der Waals surface area contributed by atoms with Gasteiger partial charge in [-0.1, -0.05) is 6.92 Å².